The molecule has 2 nitrogen and oxygen atoms in total. The quantitative estimate of drug-likeness (QED) is 0.285. The summed E-state index contributed by atoms with van der Waals surface area (Å²) < 4.78 is 0. The van der Waals surface area contributed by atoms with Crippen molar-refractivity contribution >= 4 is 50.2 Å². The fourth-order valence-electron chi connectivity index (χ4n) is 4.00. The first-order valence-corrected chi connectivity index (χ1v) is 10.1. The normalized spacial score (nSPS) is 10.8. The summed E-state index contributed by atoms with van der Waals surface area (Å²) >= 11 is 6.60. The second-order valence-corrected chi connectivity index (χ2v) is 7.52. The summed E-state index contributed by atoms with van der Waals surface area (Å²) in [5.41, 5.74) is 3.60. The van der Waals surface area contributed by atoms with Crippen LogP contribution >= 0.6 is 11.6 Å². The van der Waals surface area contributed by atoms with Gasteiger partial charge in [-0.1, -0.05) is 72.3 Å². The van der Waals surface area contributed by atoms with E-state index in [0.29, 0.717) is 10.6 Å². The molecular weight excluding hydrogens is 388 g/mol. The van der Waals surface area contributed by atoms with Crippen molar-refractivity contribution < 1.29 is 0 Å². The van der Waals surface area contributed by atoms with Gasteiger partial charge in [0.15, 0.2) is 0 Å². The Balaban J connectivity index is 1.94. The minimum atomic E-state index is 0.598. The lowest BCUT2D eigenvalue weighted by Crippen LogP contribution is -2.10. The third kappa shape index (κ3) is 3.06. The largest absolute Gasteiger partial charge is 0.310 e. The zero-order chi connectivity index (χ0) is 20.5. The molecule has 0 amide bonds. The van der Waals surface area contributed by atoms with Gasteiger partial charge in [0.25, 0.3) is 0 Å². The number of hydrogen-bond acceptors (Lipinski definition) is 2. The van der Waals surface area contributed by atoms with Gasteiger partial charge < -0.3 is 4.90 Å². The second kappa shape index (κ2) is 7.55. The Hall–Kier alpha value is -3.80. The van der Waals surface area contributed by atoms with Crippen LogP contribution < -0.4 is 4.90 Å². The summed E-state index contributed by atoms with van der Waals surface area (Å²) in [4.78, 5) is 2.20. The van der Waals surface area contributed by atoms with E-state index in [0.717, 1.165) is 38.6 Å². The molecule has 0 aliphatic rings. The fraction of sp³-hybridized carbons (Fsp3) is 0. The van der Waals surface area contributed by atoms with Crippen LogP contribution in [-0.2, 0) is 0 Å². The lowest BCUT2D eigenvalue weighted by Gasteiger charge is -2.27. The van der Waals surface area contributed by atoms with Crippen LogP contribution in [0.1, 0.15) is 5.56 Å². The number of nitriles is 1. The minimum Gasteiger partial charge on any atom is -0.310 e. The van der Waals surface area contributed by atoms with Crippen molar-refractivity contribution in [2.75, 3.05) is 4.90 Å². The molecule has 0 aromatic heterocycles. The summed E-state index contributed by atoms with van der Waals surface area (Å²) in [5.74, 6) is 0. The van der Waals surface area contributed by atoms with Gasteiger partial charge in [-0.25, -0.2) is 0 Å². The van der Waals surface area contributed by atoms with Crippen molar-refractivity contribution in [3.05, 3.63) is 114 Å². The van der Waals surface area contributed by atoms with E-state index in [2.05, 4.69) is 41.3 Å². The Morgan fingerprint density at radius 2 is 1.23 bits per heavy atom. The highest BCUT2D eigenvalue weighted by Crippen LogP contribution is 2.43. The molecule has 0 saturated heterocycles. The molecule has 5 aromatic carbocycles. The van der Waals surface area contributed by atoms with E-state index >= 15 is 0 Å². The Labute approximate surface area is 180 Å². The van der Waals surface area contributed by atoms with Crippen LogP contribution in [0, 0.1) is 11.3 Å². The highest BCUT2D eigenvalue weighted by molar-refractivity contribution is 6.38. The summed E-state index contributed by atoms with van der Waals surface area (Å²) in [6.07, 6.45) is 0. The van der Waals surface area contributed by atoms with E-state index in [4.69, 9.17) is 11.6 Å². The molecule has 0 heterocycles. The molecule has 142 valence electrons. The molecule has 0 spiro atoms. The third-order valence-electron chi connectivity index (χ3n) is 5.28. The smallest absolute Gasteiger partial charge is 0.0992 e. The molecule has 3 heteroatoms. The van der Waals surface area contributed by atoms with E-state index in [1.165, 1.54) is 0 Å². The predicted molar refractivity (Wildman–Crippen MR) is 126 cm³/mol. The SMILES string of the molecule is N#Cc1cc(N(c2ccccc2)c2ccccc2)c2c(c1)cc(Cl)c1ccccc12. The second-order valence-electron chi connectivity index (χ2n) is 7.12. The zero-order valence-corrected chi connectivity index (χ0v) is 16.8. The number of nitrogens with zero attached hydrogens (tertiary/aromatic N) is 2. The highest BCUT2D eigenvalue weighted by Gasteiger charge is 2.18. The van der Waals surface area contributed by atoms with Crippen LogP contribution in [0.2, 0.25) is 5.02 Å². The standard InChI is InChI=1S/C27H17ClN2/c28-25-17-20-15-19(18-29)16-26(27(20)24-14-8-7-13-23(24)25)30(21-9-3-1-4-10-21)22-11-5-2-6-12-22/h1-17H. The molecule has 5 aromatic rings. The molecule has 30 heavy (non-hydrogen) atoms. The Bertz CT molecular complexity index is 1360. The monoisotopic (exact) mass is 404 g/mol. The first-order valence-electron chi connectivity index (χ1n) is 9.71. The molecule has 0 N–H and O–H groups in total. The molecule has 0 saturated carbocycles. The summed E-state index contributed by atoms with van der Waals surface area (Å²) in [5, 5.41) is 14.5. The summed E-state index contributed by atoms with van der Waals surface area (Å²) in [6, 6.07) is 36.7. The lowest BCUT2D eigenvalue weighted by atomic mass is 9.97. The van der Waals surface area contributed by atoms with Crippen molar-refractivity contribution in [3.8, 4) is 6.07 Å². The van der Waals surface area contributed by atoms with Crippen LogP contribution in [0.25, 0.3) is 21.5 Å². The van der Waals surface area contributed by atoms with Crippen molar-refractivity contribution in [2.45, 2.75) is 0 Å². The van der Waals surface area contributed by atoms with E-state index < -0.39 is 0 Å². The van der Waals surface area contributed by atoms with Crippen LogP contribution in [0.15, 0.2) is 103 Å². The first-order chi connectivity index (χ1) is 14.8. The number of para-hydroxylation sites is 2. The lowest BCUT2D eigenvalue weighted by molar-refractivity contribution is 1.30. The summed E-state index contributed by atoms with van der Waals surface area (Å²) in [7, 11) is 0. The molecule has 0 radical (unpaired) electrons. The number of fused-ring (bicyclic) bond motifs is 3. The number of halogens is 1. The molecule has 0 bridgehead atoms. The Morgan fingerprint density at radius 3 is 1.83 bits per heavy atom. The zero-order valence-electron chi connectivity index (χ0n) is 16.1. The average molecular weight is 405 g/mol. The van der Waals surface area contributed by atoms with Crippen LogP contribution in [0.5, 0.6) is 0 Å². The van der Waals surface area contributed by atoms with Gasteiger partial charge in [0.05, 0.1) is 17.3 Å². The number of benzene rings is 5. The third-order valence-corrected chi connectivity index (χ3v) is 5.60. The van der Waals surface area contributed by atoms with Crippen molar-refractivity contribution in [1.82, 2.24) is 0 Å². The summed E-state index contributed by atoms with van der Waals surface area (Å²) in [6.45, 7) is 0. The molecule has 0 aliphatic heterocycles. The Kier molecular flexibility index (Phi) is 4.59. The van der Waals surface area contributed by atoms with Gasteiger partial charge in [0.1, 0.15) is 0 Å². The highest BCUT2D eigenvalue weighted by atomic mass is 35.5. The molecule has 0 aliphatic carbocycles. The molecule has 0 atom stereocenters. The van der Waals surface area contributed by atoms with Crippen molar-refractivity contribution in [1.29, 1.82) is 5.26 Å². The van der Waals surface area contributed by atoms with Gasteiger partial charge in [-0.05, 0) is 53.2 Å². The van der Waals surface area contributed by atoms with Crippen LogP contribution in [-0.4, -0.2) is 0 Å². The Morgan fingerprint density at radius 1 is 0.667 bits per heavy atom. The van der Waals surface area contributed by atoms with Crippen molar-refractivity contribution in [2.24, 2.45) is 0 Å². The van der Waals surface area contributed by atoms with Gasteiger partial charge >= 0.3 is 0 Å². The van der Waals surface area contributed by atoms with Gasteiger partial charge in [-0.3, -0.25) is 0 Å². The number of anilines is 3. The fourth-order valence-corrected chi connectivity index (χ4v) is 4.28. The van der Waals surface area contributed by atoms with Gasteiger partial charge in [0.2, 0.25) is 0 Å². The van der Waals surface area contributed by atoms with E-state index in [1.54, 1.807) is 0 Å². The van der Waals surface area contributed by atoms with Gasteiger partial charge in [-0.15, -0.1) is 0 Å². The topological polar surface area (TPSA) is 27.0 Å². The minimum absolute atomic E-state index is 0.598. The molecule has 0 unspecified atom stereocenters. The van der Waals surface area contributed by atoms with Gasteiger partial charge in [0, 0.05) is 27.2 Å². The van der Waals surface area contributed by atoms with Gasteiger partial charge in [-0.2, -0.15) is 5.26 Å². The molecule has 0 fully saturated rings. The molecule has 5 rings (SSSR count). The first kappa shape index (κ1) is 18.2. The number of hydrogen-bond donors (Lipinski definition) is 0. The van der Waals surface area contributed by atoms with Crippen LogP contribution in [0.3, 0.4) is 0 Å². The average Bonchev–Trinajstić information content (AvgIpc) is 2.80. The van der Waals surface area contributed by atoms with E-state index in [1.807, 2.05) is 72.8 Å². The maximum Gasteiger partial charge on any atom is 0.0992 e. The maximum absolute atomic E-state index is 9.73. The van der Waals surface area contributed by atoms with Crippen LogP contribution in [0.4, 0.5) is 17.1 Å². The van der Waals surface area contributed by atoms with Crippen molar-refractivity contribution in [3.63, 3.8) is 0 Å². The maximum atomic E-state index is 9.73. The molecular formula is C27H17ClN2. The van der Waals surface area contributed by atoms with E-state index in [-0.39, 0.29) is 0 Å². The van der Waals surface area contributed by atoms with E-state index in [9.17, 15) is 5.26 Å². The number of rotatable bonds is 3. The predicted octanol–water partition coefficient (Wildman–Crippen LogP) is 7.99.